The molecular formula is C29H37F3N4O3. The number of benzene rings is 1. The van der Waals surface area contributed by atoms with Crippen molar-refractivity contribution in [1.29, 1.82) is 0 Å². The standard InChI is InChI=1S/C21H18F3N3O3.C4H11N.C4H8/c1-12-3-8-18(27-19(12)20(25)26-13(2)29)17-9-14(5-7-16(30)11-28)4-6-15(17)10-21(22,23)24;1-4-5(2)3;1-3-4-2/h3-4,6,8-9,11,16,29-30H,2,10H2,1H3,(H2,25,26);4H2,1-3H3;3H,1,4H2,2H3. The van der Waals surface area contributed by atoms with Crippen LogP contribution in [0.5, 0.6) is 0 Å². The van der Waals surface area contributed by atoms with Crippen molar-refractivity contribution in [3.63, 3.8) is 0 Å². The number of alkyl halides is 3. The Bertz CT molecular complexity index is 1200. The van der Waals surface area contributed by atoms with Gasteiger partial charge in [0.2, 0.25) is 5.88 Å². The Balaban J connectivity index is 0.00000139. The lowest BCUT2D eigenvalue weighted by Gasteiger charge is -2.14. The number of carbonyl (C=O) groups excluding carboxylic acids is 1. The summed E-state index contributed by atoms with van der Waals surface area (Å²) in [6.07, 6.45) is -3.97. The van der Waals surface area contributed by atoms with Crippen LogP contribution in [0.1, 0.15) is 42.7 Å². The van der Waals surface area contributed by atoms with Gasteiger partial charge in [0.25, 0.3) is 0 Å². The van der Waals surface area contributed by atoms with Crippen molar-refractivity contribution in [3.05, 3.63) is 77.8 Å². The first-order chi connectivity index (χ1) is 18.2. The molecule has 1 aromatic heterocycles. The average molecular weight is 547 g/mol. The van der Waals surface area contributed by atoms with E-state index >= 15 is 0 Å². The summed E-state index contributed by atoms with van der Waals surface area (Å²) in [6, 6.07) is 7.12. The van der Waals surface area contributed by atoms with Crippen molar-refractivity contribution in [3.8, 4) is 23.1 Å². The summed E-state index contributed by atoms with van der Waals surface area (Å²) in [5, 5.41) is 18.5. The molecule has 1 unspecified atom stereocenters. The summed E-state index contributed by atoms with van der Waals surface area (Å²) in [5.74, 6) is 4.12. The maximum absolute atomic E-state index is 13.1. The van der Waals surface area contributed by atoms with Gasteiger partial charge in [0.1, 0.15) is 5.69 Å². The number of carbonyl (C=O) groups is 1. The number of aryl methyl sites for hydroxylation is 1. The van der Waals surface area contributed by atoms with Gasteiger partial charge in [-0.05, 0) is 69.9 Å². The number of aliphatic hydroxyl groups excluding tert-OH is 2. The van der Waals surface area contributed by atoms with Crippen molar-refractivity contribution >= 4 is 12.1 Å². The number of aliphatic imine (C=N–C) groups is 1. The monoisotopic (exact) mass is 546 g/mol. The molecule has 2 aromatic rings. The van der Waals surface area contributed by atoms with Gasteiger partial charge in [-0.2, -0.15) is 18.2 Å². The number of hydrogen-bond acceptors (Lipinski definition) is 6. The van der Waals surface area contributed by atoms with Gasteiger partial charge in [0, 0.05) is 11.1 Å². The lowest BCUT2D eigenvalue weighted by Crippen LogP contribution is -2.18. The second-order valence-corrected chi connectivity index (χ2v) is 8.38. The van der Waals surface area contributed by atoms with Crippen LogP contribution in [0.3, 0.4) is 0 Å². The Morgan fingerprint density at radius 3 is 2.31 bits per heavy atom. The van der Waals surface area contributed by atoms with E-state index in [1.54, 1.807) is 13.0 Å². The molecule has 0 spiro atoms. The number of nitrogens with two attached hydrogens (primary N) is 1. The SMILES string of the molecule is C=C(O)/N=C(/N)c1nc(-c2cc(C#CC(O)C=O)ccc2CC(F)(F)F)ccc1C.C=CCC.CCN(C)C. The van der Waals surface area contributed by atoms with Crippen LogP contribution in [-0.4, -0.2) is 65.1 Å². The van der Waals surface area contributed by atoms with Crippen molar-refractivity contribution < 1.29 is 28.2 Å². The van der Waals surface area contributed by atoms with Gasteiger partial charge >= 0.3 is 6.18 Å². The molecule has 0 aliphatic heterocycles. The fraction of sp³-hybridized carbons (Fsp3) is 0.345. The minimum absolute atomic E-state index is 0.0478. The Morgan fingerprint density at radius 2 is 1.85 bits per heavy atom. The number of aromatic nitrogens is 1. The Morgan fingerprint density at radius 1 is 1.26 bits per heavy atom. The van der Waals surface area contributed by atoms with Crippen molar-refractivity contribution in [1.82, 2.24) is 9.88 Å². The summed E-state index contributed by atoms with van der Waals surface area (Å²) >= 11 is 0. The predicted octanol–water partition coefficient (Wildman–Crippen LogP) is 4.96. The zero-order chi connectivity index (χ0) is 30.2. The summed E-state index contributed by atoms with van der Waals surface area (Å²) in [5.41, 5.74) is 7.14. The summed E-state index contributed by atoms with van der Waals surface area (Å²) < 4.78 is 39.2. The maximum Gasteiger partial charge on any atom is 0.393 e. The van der Waals surface area contributed by atoms with Gasteiger partial charge in [-0.15, -0.1) is 6.58 Å². The van der Waals surface area contributed by atoms with E-state index in [1.165, 1.54) is 24.3 Å². The van der Waals surface area contributed by atoms with E-state index in [-0.39, 0.29) is 40.2 Å². The molecule has 0 bridgehead atoms. The van der Waals surface area contributed by atoms with Crippen LogP contribution < -0.4 is 5.73 Å². The number of rotatable bonds is 7. The molecule has 0 amide bonds. The molecule has 1 atom stereocenters. The smallest absolute Gasteiger partial charge is 0.393 e. The Kier molecular flexibility index (Phi) is 15.8. The van der Waals surface area contributed by atoms with Crippen LogP contribution >= 0.6 is 0 Å². The predicted molar refractivity (Wildman–Crippen MR) is 150 cm³/mol. The molecule has 212 valence electrons. The number of halogens is 3. The molecule has 0 radical (unpaired) electrons. The third kappa shape index (κ3) is 14.5. The van der Waals surface area contributed by atoms with Gasteiger partial charge in [-0.25, -0.2) is 4.98 Å². The zero-order valence-corrected chi connectivity index (χ0v) is 23.0. The van der Waals surface area contributed by atoms with Gasteiger partial charge in [-0.3, -0.25) is 4.79 Å². The number of aliphatic hydroxyl groups is 2. The number of amidine groups is 1. The van der Waals surface area contributed by atoms with Crippen molar-refractivity contribution in [2.24, 2.45) is 10.7 Å². The van der Waals surface area contributed by atoms with Crippen LogP contribution in [0, 0.1) is 18.8 Å². The normalized spacial score (nSPS) is 11.6. The molecule has 39 heavy (non-hydrogen) atoms. The summed E-state index contributed by atoms with van der Waals surface area (Å²) in [6.45, 7) is 13.7. The molecule has 0 saturated heterocycles. The minimum atomic E-state index is -4.46. The molecule has 4 N–H and O–H groups in total. The fourth-order valence-corrected chi connectivity index (χ4v) is 2.58. The molecule has 0 aliphatic rings. The van der Waals surface area contributed by atoms with Crippen LogP contribution in [-0.2, 0) is 11.2 Å². The van der Waals surface area contributed by atoms with E-state index < -0.39 is 24.6 Å². The fourth-order valence-electron chi connectivity index (χ4n) is 2.58. The molecule has 0 aliphatic carbocycles. The van der Waals surface area contributed by atoms with E-state index in [1.807, 2.05) is 6.08 Å². The molecule has 10 heteroatoms. The molecule has 1 heterocycles. The first-order valence-corrected chi connectivity index (χ1v) is 12.0. The number of nitrogens with zero attached hydrogens (tertiary/aromatic N) is 3. The lowest BCUT2D eigenvalue weighted by molar-refractivity contribution is -0.127. The second-order valence-electron chi connectivity index (χ2n) is 8.38. The van der Waals surface area contributed by atoms with E-state index in [9.17, 15) is 28.2 Å². The van der Waals surface area contributed by atoms with E-state index in [0.717, 1.165) is 13.0 Å². The van der Waals surface area contributed by atoms with Crippen LogP contribution in [0.2, 0.25) is 0 Å². The largest absolute Gasteiger partial charge is 0.494 e. The quantitative estimate of drug-likeness (QED) is 0.113. The van der Waals surface area contributed by atoms with Crippen molar-refractivity contribution in [2.75, 3.05) is 20.6 Å². The van der Waals surface area contributed by atoms with Gasteiger partial charge in [0.15, 0.2) is 18.2 Å². The van der Waals surface area contributed by atoms with Crippen molar-refractivity contribution in [2.45, 2.75) is 45.9 Å². The maximum atomic E-state index is 13.1. The highest BCUT2D eigenvalue weighted by atomic mass is 19.4. The van der Waals surface area contributed by atoms with E-state index in [4.69, 9.17) is 5.73 Å². The van der Waals surface area contributed by atoms with Crippen LogP contribution in [0.15, 0.2) is 60.4 Å². The number of allylic oxidation sites excluding steroid dienone is 1. The summed E-state index contributed by atoms with van der Waals surface area (Å²) in [7, 11) is 4.11. The highest BCUT2D eigenvalue weighted by molar-refractivity contribution is 5.98. The highest BCUT2D eigenvalue weighted by Crippen LogP contribution is 2.30. The molecule has 1 aromatic carbocycles. The average Bonchev–Trinajstić information content (AvgIpc) is 2.87. The molecule has 2 rings (SSSR count). The Hall–Kier alpha value is -3.94. The lowest BCUT2D eigenvalue weighted by atomic mass is 9.97. The summed E-state index contributed by atoms with van der Waals surface area (Å²) in [4.78, 5) is 20.6. The third-order valence-electron chi connectivity index (χ3n) is 4.78. The molecular weight excluding hydrogens is 509 g/mol. The molecule has 0 saturated carbocycles. The zero-order valence-electron chi connectivity index (χ0n) is 23.0. The minimum Gasteiger partial charge on any atom is -0.494 e. The first kappa shape index (κ1) is 35.1. The number of aldehydes is 1. The topological polar surface area (TPSA) is 112 Å². The van der Waals surface area contributed by atoms with E-state index in [2.05, 4.69) is 67.8 Å². The molecule has 0 fully saturated rings. The molecule has 7 nitrogen and oxygen atoms in total. The van der Waals surface area contributed by atoms with Gasteiger partial charge in [0.05, 0.1) is 12.1 Å². The highest BCUT2D eigenvalue weighted by Gasteiger charge is 2.29. The number of pyridine rings is 1. The van der Waals surface area contributed by atoms with E-state index in [0.29, 0.717) is 5.56 Å². The third-order valence-corrected chi connectivity index (χ3v) is 4.78. The van der Waals surface area contributed by atoms with Gasteiger partial charge in [-0.1, -0.05) is 43.9 Å². The number of hydrogen-bond donors (Lipinski definition) is 3. The van der Waals surface area contributed by atoms with Gasteiger partial charge < -0.3 is 20.8 Å². The van der Waals surface area contributed by atoms with Crippen LogP contribution in [0.4, 0.5) is 13.2 Å². The van der Waals surface area contributed by atoms with Crippen LogP contribution in [0.25, 0.3) is 11.3 Å². The first-order valence-electron chi connectivity index (χ1n) is 12.0. The second kappa shape index (κ2) is 17.5. The Labute approximate surface area is 228 Å².